The summed E-state index contributed by atoms with van der Waals surface area (Å²) in [7, 11) is 0. The van der Waals surface area contributed by atoms with Crippen molar-refractivity contribution in [1.29, 1.82) is 0 Å². The zero-order valence-corrected chi connectivity index (χ0v) is 23.2. The molecule has 0 aliphatic rings. The molecule has 0 fully saturated rings. The fourth-order valence-corrected chi connectivity index (χ4v) is 5.08. The fourth-order valence-electron chi connectivity index (χ4n) is 5.08. The van der Waals surface area contributed by atoms with Crippen molar-refractivity contribution in [2.24, 2.45) is 0 Å². The van der Waals surface area contributed by atoms with E-state index in [-0.39, 0.29) is 0 Å². The summed E-state index contributed by atoms with van der Waals surface area (Å²) in [5, 5.41) is 0. The van der Waals surface area contributed by atoms with Crippen molar-refractivity contribution in [3.8, 4) is 0 Å². The second kappa shape index (κ2) is 23.0. The van der Waals surface area contributed by atoms with E-state index >= 15 is 0 Å². The van der Waals surface area contributed by atoms with Crippen molar-refractivity contribution in [1.82, 2.24) is 4.57 Å². The first-order chi connectivity index (χ1) is 16.3. The van der Waals surface area contributed by atoms with Gasteiger partial charge in [0, 0.05) is 6.92 Å². The number of aryl methyl sites for hydroxylation is 2. The molecule has 0 N–H and O–H groups in total. The molecule has 1 rings (SSSR count). The maximum Gasteiger partial charge on any atom is 0.253 e. The van der Waals surface area contributed by atoms with E-state index in [9.17, 15) is 0 Å². The van der Waals surface area contributed by atoms with Crippen molar-refractivity contribution < 1.29 is 4.57 Å². The highest BCUT2D eigenvalue weighted by Crippen LogP contribution is 2.14. The molecule has 0 saturated heterocycles. The van der Waals surface area contributed by atoms with Crippen LogP contribution in [0.4, 0.5) is 0 Å². The molecule has 0 atom stereocenters. The minimum Gasteiger partial charge on any atom is -0.234 e. The third kappa shape index (κ3) is 17.3. The van der Waals surface area contributed by atoms with E-state index in [4.69, 9.17) is 0 Å². The van der Waals surface area contributed by atoms with Gasteiger partial charge >= 0.3 is 0 Å². The van der Waals surface area contributed by atoms with Gasteiger partial charge in [0.05, 0.1) is 13.1 Å². The van der Waals surface area contributed by atoms with Crippen LogP contribution in [0.5, 0.6) is 0 Å². The second-order valence-electron chi connectivity index (χ2n) is 10.7. The molecule has 0 saturated carbocycles. The first-order valence-electron chi connectivity index (χ1n) is 15.3. The van der Waals surface area contributed by atoms with Gasteiger partial charge in [0.15, 0.2) is 0 Å². The third-order valence-corrected chi connectivity index (χ3v) is 7.51. The van der Waals surface area contributed by atoms with E-state index < -0.39 is 0 Å². The standard InChI is InChI=1S/C31H61N2/c1-4-6-8-10-12-13-14-15-16-17-18-19-20-22-24-26-28-33-30-29-32(31(33)3)27-25-23-21-11-9-7-5-2/h29-30H,4-28H2,1-3H3/q+1. The van der Waals surface area contributed by atoms with Gasteiger partial charge in [0.1, 0.15) is 12.4 Å². The van der Waals surface area contributed by atoms with Gasteiger partial charge in [-0.1, -0.05) is 136 Å². The molecular weight excluding hydrogens is 400 g/mol. The molecule has 1 aromatic heterocycles. The van der Waals surface area contributed by atoms with E-state index in [1.807, 2.05) is 0 Å². The monoisotopic (exact) mass is 461 g/mol. The van der Waals surface area contributed by atoms with E-state index in [0.29, 0.717) is 0 Å². The molecule has 0 aromatic carbocycles. The topological polar surface area (TPSA) is 8.81 Å². The van der Waals surface area contributed by atoms with Crippen LogP contribution >= 0.6 is 0 Å². The Kier molecular flexibility index (Phi) is 21.1. The normalized spacial score (nSPS) is 11.5. The second-order valence-corrected chi connectivity index (χ2v) is 10.7. The molecule has 1 aromatic rings. The van der Waals surface area contributed by atoms with Crippen LogP contribution < -0.4 is 4.57 Å². The van der Waals surface area contributed by atoms with Gasteiger partial charge < -0.3 is 0 Å². The number of hydrogen-bond acceptors (Lipinski definition) is 0. The first-order valence-corrected chi connectivity index (χ1v) is 15.3. The van der Waals surface area contributed by atoms with Gasteiger partial charge in [0.2, 0.25) is 0 Å². The summed E-state index contributed by atoms with van der Waals surface area (Å²) in [6, 6.07) is 0. The van der Waals surface area contributed by atoms with Crippen molar-refractivity contribution in [2.45, 2.75) is 182 Å². The molecule has 0 amide bonds. The molecule has 0 bridgehead atoms. The molecule has 0 aliphatic heterocycles. The van der Waals surface area contributed by atoms with Gasteiger partial charge in [-0.2, -0.15) is 0 Å². The van der Waals surface area contributed by atoms with E-state index in [1.54, 1.807) is 0 Å². The Labute approximate surface area is 208 Å². The maximum absolute atomic E-state index is 2.48. The highest BCUT2D eigenvalue weighted by Gasteiger charge is 2.11. The summed E-state index contributed by atoms with van der Waals surface area (Å²) < 4.78 is 4.95. The Morgan fingerprint density at radius 2 is 0.879 bits per heavy atom. The molecule has 0 radical (unpaired) electrons. The molecule has 0 unspecified atom stereocenters. The van der Waals surface area contributed by atoms with Crippen LogP contribution in [0, 0.1) is 6.92 Å². The number of aromatic nitrogens is 2. The predicted molar refractivity (Wildman–Crippen MR) is 147 cm³/mol. The quantitative estimate of drug-likeness (QED) is 0.101. The lowest BCUT2D eigenvalue weighted by Crippen LogP contribution is -2.35. The van der Waals surface area contributed by atoms with Crippen LogP contribution in [0.1, 0.15) is 167 Å². The third-order valence-electron chi connectivity index (χ3n) is 7.51. The number of unbranched alkanes of at least 4 members (excludes halogenated alkanes) is 21. The molecule has 2 heteroatoms. The lowest BCUT2D eigenvalue weighted by atomic mass is 10.0. The molecule has 194 valence electrons. The van der Waals surface area contributed by atoms with Crippen molar-refractivity contribution >= 4 is 0 Å². The van der Waals surface area contributed by atoms with Crippen LogP contribution in [0.3, 0.4) is 0 Å². The van der Waals surface area contributed by atoms with Crippen molar-refractivity contribution in [3.63, 3.8) is 0 Å². The van der Waals surface area contributed by atoms with Crippen molar-refractivity contribution in [3.05, 3.63) is 18.2 Å². The SMILES string of the molecule is CCCCCCCCCCCCCCCCCCn1cc[n+](CCCCCCCCC)c1C. The Balaban J connectivity index is 1.89. The van der Waals surface area contributed by atoms with Gasteiger partial charge in [-0.3, -0.25) is 0 Å². The van der Waals surface area contributed by atoms with Crippen LogP contribution in [-0.2, 0) is 13.1 Å². The van der Waals surface area contributed by atoms with Crippen LogP contribution in [0.2, 0.25) is 0 Å². The number of nitrogens with zero attached hydrogens (tertiary/aromatic N) is 2. The zero-order valence-electron chi connectivity index (χ0n) is 23.2. The van der Waals surface area contributed by atoms with E-state index in [0.717, 1.165) is 0 Å². The van der Waals surface area contributed by atoms with Gasteiger partial charge in [-0.15, -0.1) is 0 Å². The minimum atomic E-state index is 1.20. The molecular formula is C31H61N2+. The first kappa shape index (κ1) is 30.2. The Morgan fingerprint density at radius 3 is 1.30 bits per heavy atom. The fraction of sp³-hybridized carbons (Fsp3) is 0.903. The Bertz CT molecular complexity index is 519. The predicted octanol–water partition coefficient (Wildman–Crippen LogP) is 10.1. The lowest BCUT2D eigenvalue weighted by molar-refractivity contribution is -0.702. The molecule has 0 spiro atoms. The van der Waals surface area contributed by atoms with Crippen LogP contribution in [0.25, 0.3) is 0 Å². The van der Waals surface area contributed by atoms with Crippen LogP contribution in [0.15, 0.2) is 12.4 Å². The summed E-state index contributed by atoms with van der Waals surface area (Å²) >= 11 is 0. The highest BCUT2D eigenvalue weighted by atomic mass is 15.1. The summed E-state index contributed by atoms with van der Waals surface area (Å²) in [5.41, 5.74) is 0. The Hall–Kier alpha value is -0.790. The number of hydrogen-bond donors (Lipinski definition) is 0. The molecule has 1 heterocycles. The lowest BCUT2D eigenvalue weighted by Gasteiger charge is -2.04. The molecule has 33 heavy (non-hydrogen) atoms. The van der Waals surface area contributed by atoms with E-state index in [2.05, 4.69) is 42.3 Å². The summed E-state index contributed by atoms with van der Waals surface area (Å²) in [6.07, 6.45) is 37.5. The summed E-state index contributed by atoms with van der Waals surface area (Å²) in [6.45, 7) is 9.30. The molecule has 0 aliphatic carbocycles. The highest BCUT2D eigenvalue weighted by molar-refractivity contribution is 4.79. The number of rotatable bonds is 25. The smallest absolute Gasteiger partial charge is 0.234 e. The van der Waals surface area contributed by atoms with Gasteiger partial charge in [-0.05, 0) is 25.7 Å². The maximum atomic E-state index is 2.48. The average molecular weight is 462 g/mol. The van der Waals surface area contributed by atoms with Crippen molar-refractivity contribution in [2.75, 3.05) is 0 Å². The zero-order chi connectivity index (χ0) is 23.8. The van der Waals surface area contributed by atoms with Gasteiger partial charge in [-0.25, -0.2) is 9.13 Å². The average Bonchev–Trinajstić information content (AvgIpc) is 3.17. The largest absolute Gasteiger partial charge is 0.253 e. The summed E-state index contributed by atoms with van der Waals surface area (Å²) in [4.78, 5) is 0. The number of imidazole rings is 1. The Morgan fingerprint density at radius 1 is 0.515 bits per heavy atom. The summed E-state index contributed by atoms with van der Waals surface area (Å²) in [5.74, 6) is 1.45. The van der Waals surface area contributed by atoms with E-state index in [1.165, 1.54) is 167 Å². The molecule has 2 nitrogen and oxygen atoms in total. The van der Waals surface area contributed by atoms with Gasteiger partial charge in [0.25, 0.3) is 5.82 Å². The minimum absolute atomic E-state index is 1.20. The van der Waals surface area contributed by atoms with Crippen LogP contribution in [-0.4, -0.2) is 4.57 Å².